The smallest absolute Gasteiger partial charge is 0.338 e. The molecule has 6 nitrogen and oxygen atoms in total. The fourth-order valence-electron chi connectivity index (χ4n) is 5.50. The molecule has 3 fully saturated rings. The molecule has 0 bridgehead atoms. The first kappa shape index (κ1) is 24.0. The van der Waals surface area contributed by atoms with Crippen LogP contribution in [-0.2, 0) is 23.7 Å². The van der Waals surface area contributed by atoms with Gasteiger partial charge in [0.2, 0.25) is 0 Å². The minimum Gasteiger partial charge on any atom is -0.462 e. The van der Waals surface area contributed by atoms with E-state index in [2.05, 4.69) is 19.9 Å². The van der Waals surface area contributed by atoms with Crippen molar-refractivity contribution in [2.75, 3.05) is 13.2 Å². The first-order valence-corrected chi connectivity index (χ1v) is 12.3. The van der Waals surface area contributed by atoms with E-state index in [1.807, 2.05) is 18.2 Å². The monoisotopic (exact) mass is 456 g/mol. The van der Waals surface area contributed by atoms with E-state index in [1.165, 1.54) is 5.57 Å². The van der Waals surface area contributed by atoms with E-state index >= 15 is 0 Å². The fraction of sp³-hybridized carbons (Fsp3) is 0.630. The average molecular weight is 457 g/mol. The molecule has 1 aromatic rings. The minimum absolute atomic E-state index is 0.0597. The van der Waals surface area contributed by atoms with Crippen molar-refractivity contribution < 1.29 is 28.5 Å². The van der Waals surface area contributed by atoms with Gasteiger partial charge in [-0.25, -0.2) is 4.79 Å². The van der Waals surface area contributed by atoms with E-state index in [0.717, 1.165) is 38.5 Å². The number of carbonyl (C=O) groups excluding carboxylic acids is 2. The molecular formula is C27H36O6. The molecule has 3 aliphatic rings. The lowest BCUT2D eigenvalue weighted by atomic mass is 9.86. The van der Waals surface area contributed by atoms with Crippen LogP contribution in [0, 0.1) is 11.8 Å². The number of rotatable bonds is 10. The summed E-state index contributed by atoms with van der Waals surface area (Å²) in [5.74, 6) is -0.892. The number of esters is 2. The van der Waals surface area contributed by atoms with Gasteiger partial charge in [-0.1, -0.05) is 29.8 Å². The van der Waals surface area contributed by atoms with Crippen LogP contribution in [-0.4, -0.2) is 43.1 Å². The third-order valence-corrected chi connectivity index (χ3v) is 7.16. The maximum atomic E-state index is 12.7. The summed E-state index contributed by atoms with van der Waals surface area (Å²) in [5, 5.41) is 0. The van der Waals surface area contributed by atoms with Gasteiger partial charge in [-0.05, 0) is 51.7 Å². The molecule has 6 heteroatoms. The van der Waals surface area contributed by atoms with Crippen LogP contribution in [0.4, 0.5) is 0 Å². The highest BCUT2D eigenvalue weighted by atomic mass is 16.7. The first-order chi connectivity index (χ1) is 16.0. The third kappa shape index (κ3) is 6.04. The molecule has 2 aliphatic heterocycles. The van der Waals surface area contributed by atoms with Crippen LogP contribution >= 0.6 is 0 Å². The number of unbranched alkanes of at least 4 members (excludes halogenated alkanes) is 2. The molecule has 4 rings (SSSR count). The fourth-order valence-corrected chi connectivity index (χ4v) is 5.50. The Bertz CT molecular complexity index is 837. The van der Waals surface area contributed by atoms with Crippen LogP contribution in [0.15, 0.2) is 42.0 Å². The van der Waals surface area contributed by atoms with Crippen LogP contribution < -0.4 is 0 Å². The third-order valence-electron chi connectivity index (χ3n) is 7.16. The normalized spacial score (nSPS) is 27.8. The summed E-state index contributed by atoms with van der Waals surface area (Å²) in [7, 11) is 0. The van der Waals surface area contributed by atoms with Crippen LogP contribution in [0.25, 0.3) is 0 Å². The number of carbonyl (C=O) groups is 2. The molecule has 33 heavy (non-hydrogen) atoms. The Hall–Kier alpha value is -2.18. The summed E-state index contributed by atoms with van der Waals surface area (Å²) in [6.45, 7) is 5.47. The number of benzene rings is 1. The first-order valence-electron chi connectivity index (χ1n) is 12.3. The molecule has 1 aromatic carbocycles. The van der Waals surface area contributed by atoms with Crippen molar-refractivity contribution in [3.63, 3.8) is 0 Å². The number of allylic oxidation sites excluding steroid dienone is 2. The summed E-state index contributed by atoms with van der Waals surface area (Å²) in [6, 6.07) is 9.06. The maximum Gasteiger partial charge on any atom is 0.338 e. The predicted molar refractivity (Wildman–Crippen MR) is 124 cm³/mol. The Balaban J connectivity index is 1.38. The van der Waals surface area contributed by atoms with Gasteiger partial charge in [0.1, 0.15) is 12.2 Å². The molecule has 1 aliphatic carbocycles. The van der Waals surface area contributed by atoms with Gasteiger partial charge in [0.05, 0.1) is 25.2 Å². The van der Waals surface area contributed by atoms with E-state index in [-0.39, 0.29) is 36.0 Å². The molecule has 2 heterocycles. The van der Waals surface area contributed by atoms with Crippen molar-refractivity contribution in [1.82, 2.24) is 0 Å². The summed E-state index contributed by atoms with van der Waals surface area (Å²) in [6.07, 6.45) is 8.37. The Labute approximate surface area is 196 Å². The average Bonchev–Trinajstić information content (AvgIpc) is 3.48. The molecule has 1 saturated carbocycles. The van der Waals surface area contributed by atoms with E-state index < -0.39 is 5.79 Å². The minimum atomic E-state index is -0.569. The van der Waals surface area contributed by atoms with Gasteiger partial charge in [0.15, 0.2) is 5.79 Å². The predicted octanol–water partition coefficient (Wildman–Crippen LogP) is 5.21. The summed E-state index contributed by atoms with van der Waals surface area (Å²) < 4.78 is 23.7. The van der Waals surface area contributed by atoms with E-state index in [1.54, 1.807) is 12.1 Å². The van der Waals surface area contributed by atoms with Crippen LogP contribution in [0.3, 0.4) is 0 Å². The van der Waals surface area contributed by atoms with E-state index in [4.69, 9.17) is 18.9 Å². The van der Waals surface area contributed by atoms with Gasteiger partial charge in [-0.2, -0.15) is 0 Å². The lowest BCUT2D eigenvalue weighted by Gasteiger charge is -2.31. The molecule has 180 valence electrons. The Kier molecular flexibility index (Phi) is 7.86. The highest BCUT2D eigenvalue weighted by Crippen LogP contribution is 2.46. The maximum absolute atomic E-state index is 12.7. The van der Waals surface area contributed by atoms with Gasteiger partial charge < -0.3 is 18.9 Å². The molecule has 4 atom stereocenters. The van der Waals surface area contributed by atoms with E-state index in [0.29, 0.717) is 31.6 Å². The van der Waals surface area contributed by atoms with Crippen molar-refractivity contribution in [3.05, 3.63) is 47.5 Å². The molecular weight excluding hydrogens is 420 g/mol. The second-order valence-electron chi connectivity index (χ2n) is 9.78. The zero-order valence-electron chi connectivity index (χ0n) is 19.8. The number of fused-ring (bicyclic) bond motifs is 1. The SMILES string of the molecule is CC(C)=CCCCCC1(CCC2C(OC(=O)c3ccccc3)CC3OC(=O)CC32)OCCO1. The quantitative estimate of drug-likeness (QED) is 0.273. The van der Waals surface area contributed by atoms with Crippen LogP contribution in [0.2, 0.25) is 0 Å². The number of ether oxygens (including phenoxy) is 4. The van der Waals surface area contributed by atoms with Crippen molar-refractivity contribution in [3.8, 4) is 0 Å². The Morgan fingerprint density at radius 3 is 2.61 bits per heavy atom. The number of hydrogen-bond donors (Lipinski definition) is 0. The topological polar surface area (TPSA) is 71.1 Å². The zero-order valence-corrected chi connectivity index (χ0v) is 19.8. The molecule has 0 spiro atoms. The van der Waals surface area contributed by atoms with Crippen molar-refractivity contribution >= 4 is 11.9 Å². The molecule has 0 radical (unpaired) electrons. The zero-order chi connectivity index (χ0) is 23.3. The summed E-state index contributed by atoms with van der Waals surface area (Å²) in [5.41, 5.74) is 1.89. The van der Waals surface area contributed by atoms with Gasteiger partial charge in [-0.3, -0.25) is 4.79 Å². The van der Waals surface area contributed by atoms with Crippen molar-refractivity contribution in [2.45, 2.75) is 83.2 Å². The molecule has 0 aromatic heterocycles. The number of hydrogen-bond acceptors (Lipinski definition) is 6. The van der Waals surface area contributed by atoms with Crippen LogP contribution in [0.1, 0.15) is 75.6 Å². The second kappa shape index (κ2) is 10.8. The molecule has 4 unspecified atom stereocenters. The second-order valence-corrected chi connectivity index (χ2v) is 9.78. The molecule has 0 amide bonds. The lowest BCUT2D eigenvalue weighted by molar-refractivity contribution is -0.171. The lowest BCUT2D eigenvalue weighted by Crippen LogP contribution is -2.33. The molecule has 2 saturated heterocycles. The van der Waals surface area contributed by atoms with E-state index in [9.17, 15) is 9.59 Å². The van der Waals surface area contributed by atoms with Gasteiger partial charge in [-0.15, -0.1) is 0 Å². The highest BCUT2D eigenvalue weighted by Gasteiger charge is 2.52. The molecule has 0 N–H and O–H groups in total. The van der Waals surface area contributed by atoms with Crippen LogP contribution in [0.5, 0.6) is 0 Å². The highest BCUT2D eigenvalue weighted by molar-refractivity contribution is 5.89. The summed E-state index contributed by atoms with van der Waals surface area (Å²) in [4.78, 5) is 24.7. The van der Waals surface area contributed by atoms with Gasteiger partial charge in [0.25, 0.3) is 0 Å². The van der Waals surface area contributed by atoms with Crippen molar-refractivity contribution in [2.24, 2.45) is 11.8 Å². The standard InChI is InChI=1S/C27H36O6/c1-19(2)9-5-4-8-13-27(30-15-16-31-27)14-12-21-22-17-25(28)32-24(22)18-23(21)33-26(29)20-10-6-3-7-11-20/h3,6-7,9-11,21-24H,4-5,8,12-18H2,1-2H3. The Morgan fingerprint density at radius 2 is 1.88 bits per heavy atom. The van der Waals surface area contributed by atoms with Crippen molar-refractivity contribution in [1.29, 1.82) is 0 Å². The largest absolute Gasteiger partial charge is 0.462 e. The summed E-state index contributed by atoms with van der Waals surface area (Å²) >= 11 is 0. The Morgan fingerprint density at radius 1 is 1.12 bits per heavy atom. The van der Waals surface area contributed by atoms with Gasteiger partial charge >= 0.3 is 11.9 Å². The van der Waals surface area contributed by atoms with Gasteiger partial charge in [0, 0.05) is 31.1 Å².